The minimum absolute atomic E-state index is 0.0828. The smallest absolute Gasteiger partial charge is 0.369 e. The fourth-order valence-electron chi connectivity index (χ4n) is 3.94. The molecule has 0 radical (unpaired) electrons. The van der Waals surface area contributed by atoms with Crippen LogP contribution >= 0.6 is 0 Å². The van der Waals surface area contributed by atoms with Crippen molar-refractivity contribution >= 4 is 17.8 Å². The zero-order valence-corrected chi connectivity index (χ0v) is 17.5. The van der Waals surface area contributed by atoms with E-state index in [1.54, 1.807) is 6.21 Å². The minimum Gasteiger partial charge on any atom is -0.369 e. The summed E-state index contributed by atoms with van der Waals surface area (Å²) in [5.41, 5.74) is 5.26. The molecule has 1 N–H and O–H groups in total. The number of hydrazone groups is 1. The number of hydrogen-bond donors (Lipinski definition) is 1. The number of fused-ring (bicyclic) bond motifs is 1. The number of nitrogens with zero attached hydrogens (tertiary/aromatic N) is 2. The van der Waals surface area contributed by atoms with Gasteiger partial charge in [-0.25, -0.2) is 5.43 Å². The maximum Gasteiger partial charge on any atom is 0.416 e. The lowest BCUT2D eigenvalue weighted by Crippen LogP contribution is -2.45. The highest BCUT2D eigenvalue weighted by Gasteiger charge is 2.34. The van der Waals surface area contributed by atoms with Gasteiger partial charge in [-0.2, -0.15) is 18.3 Å². The maximum atomic E-state index is 12.8. The number of halogens is 3. The minimum atomic E-state index is -4.43. The molecule has 0 aliphatic carbocycles. The van der Waals surface area contributed by atoms with Gasteiger partial charge in [0.15, 0.2) is 0 Å². The summed E-state index contributed by atoms with van der Waals surface area (Å²) in [5.74, 6) is -0.0755. The van der Waals surface area contributed by atoms with E-state index in [0.717, 1.165) is 24.1 Å². The van der Waals surface area contributed by atoms with Gasteiger partial charge >= 0.3 is 6.18 Å². The number of carbonyl (C=O) groups is 1. The molecule has 3 rings (SSSR count). The second kappa shape index (κ2) is 8.13. The van der Waals surface area contributed by atoms with Crippen molar-refractivity contribution in [3.05, 3.63) is 64.7 Å². The van der Waals surface area contributed by atoms with Gasteiger partial charge in [0, 0.05) is 18.3 Å². The lowest BCUT2D eigenvalue weighted by Gasteiger charge is -2.45. The van der Waals surface area contributed by atoms with Crippen molar-refractivity contribution in [1.82, 2.24) is 5.43 Å². The third kappa shape index (κ3) is 4.83. The predicted octanol–water partition coefficient (Wildman–Crippen LogP) is 5.12. The number of rotatable bonds is 4. The molecule has 1 aliphatic heterocycles. The van der Waals surface area contributed by atoms with Crippen molar-refractivity contribution in [2.75, 3.05) is 11.9 Å². The monoisotopic (exact) mass is 417 g/mol. The van der Waals surface area contributed by atoms with E-state index in [2.05, 4.69) is 55.4 Å². The first kappa shape index (κ1) is 21.9. The second-order valence-electron chi connectivity index (χ2n) is 8.46. The van der Waals surface area contributed by atoms with Crippen molar-refractivity contribution in [3.63, 3.8) is 0 Å². The summed E-state index contributed by atoms with van der Waals surface area (Å²) in [5, 5.41) is 3.97. The highest BCUT2D eigenvalue weighted by atomic mass is 19.4. The van der Waals surface area contributed by atoms with Crippen LogP contribution in [0.25, 0.3) is 0 Å². The summed E-state index contributed by atoms with van der Waals surface area (Å²) in [4.78, 5) is 14.3. The van der Waals surface area contributed by atoms with E-state index < -0.39 is 17.6 Å². The molecular weight excluding hydrogens is 391 g/mol. The van der Waals surface area contributed by atoms with Gasteiger partial charge in [0.2, 0.25) is 5.91 Å². The van der Waals surface area contributed by atoms with Crippen molar-refractivity contribution in [2.45, 2.75) is 51.2 Å². The van der Waals surface area contributed by atoms with Crippen LogP contribution in [-0.2, 0) is 17.4 Å². The first-order valence-electron chi connectivity index (χ1n) is 9.83. The number of carbonyl (C=O) groups excluding carboxylic acids is 1. The number of hydrogen-bond acceptors (Lipinski definition) is 3. The Morgan fingerprint density at radius 1 is 1.27 bits per heavy atom. The molecule has 0 saturated heterocycles. The average Bonchev–Trinajstić information content (AvgIpc) is 2.65. The molecule has 4 nitrogen and oxygen atoms in total. The molecule has 0 fully saturated rings. The summed E-state index contributed by atoms with van der Waals surface area (Å²) < 4.78 is 38.3. The zero-order chi connectivity index (χ0) is 22.1. The fourth-order valence-corrected chi connectivity index (χ4v) is 3.94. The number of anilines is 1. The third-order valence-corrected chi connectivity index (χ3v) is 5.68. The molecule has 2 aromatic rings. The molecule has 2 aromatic carbocycles. The highest BCUT2D eigenvalue weighted by Crippen LogP contribution is 2.42. The Balaban J connectivity index is 1.65. The van der Waals surface area contributed by atoms with Crippen LogP contribution in [0, 0.1) is 0 Å². The molecule has 1 amide bonds. The molecule has 0 bridgehead atoms. The summed E-state index contributed by atoms with van der Waals surface area (Å²) in [7, 11) is 2.09. The van der Waals surface area contributed by atoms with Crippen LogP contribution in [0.5, 0.6) is 0 Å². The first-order chi connectivity index (χ1) is 14.0. The van der Waals surface area contributed by atoms with Gasteiger partial charge in [0.25, 0.3) is 0 Å². The highest BCUT2D eigenvalue weighted by molar-refractivity contribution is 5.84. The van der Waals surface area contributed by atoms with E-state index in [1.165, 1.54) is 23.4 Å². The van der Waals surface area contributed by atoms with Crippen LogP contribution in [0.15, 0.2) is 47.6 Å². The molecule has 0 aromatic heterocycles. The Kier molecular flexibility index (Phi) is 5.92. The lowest BCUT2D eigenvalue weighted by atomic mass is 9.80. The van der Waals surface area contributed by atoms with Crippen molar-refractivity contribution in [3.8, 4) is 0 Å². The van der Waals surface area contributed by atoms with Crippen molar-refractivity contribution in [1.29, 1.82) is 0 Å². The standard InChI is InChI=1S/C23H26F3N3O/c1-15-13-22(2,3)29(4)20-9-8-17(11-19(15)20)14-27-28-21(30)12-16-6-5-7-18(10-16)23(24,25)26/h5-11,14-15H,12-13H2,1-4H3,(H,28,30)/b27-14-. The first-order valence-corrected chi connectivity index (χ1v) is 9.83. The molecule has 1 atom stereocenters. The van der Waals surface area contributed by atoms with Gasteiger partial charge in [-0.15, -0.1) is 0 Å². The summed E-state index contributed by atoms with van der Waals surface area (Å²) in [6.45, 7) is 6.65. The van der Waals surface area contributed by atoms with E-state index in [-0.39, 0.29) is 17.5 Å². The van der Waals surface area contributed by atoms with E-state index in [4.69, 9.17) is 0 Å². The average molecular weight is 417 g/mol. The predicted molar refractivity (Wildman–Crippen MR) is 113 cm³/mol. The number of alkyl halides is 3. The molecular formula is C23H26F3N3O. The van der Waals surface area contributed by atoms with Crippen LogP contribution < -0.4 is 10.3 Å². The number of benzene rings is 2. The second-order valence-corrected chi connectivity index (χ2v) is 8.46. The van der Waals surface area contributed by atoms with Gasteiger partial charge < -0.3 is 4.90 Å². The number of amides is 1. The van der Waals surface area contributed by atoms with Crippen molar-refractivity contribution < 1.29 is 18.0 Å². The van der Waals surface area contributed by atoms with Gasteiger partial charge in [0.05, 0.1) is 18.2 Å². The Morgan fingerprint density at radius 3 is 2.70 bits per heavy atom. The zero-order valence-electron chi connectivity index (χ0n) is 17.5. The number of nitrogens with one attached hydrogen (secondary N) is 1. The molecule has 0 saturated carbocycles. The summed E-state index contributed by atoms with van der Waals surface area (Å²) in [6, 6.07) is 10.8. The van der Waals surface area contributed by atoms with E-state index >= 15 is 0 Å². The third-order valence-electron chi connectivity index (χ3n) is 5.68. The van der Waals surface area contributed by atoms with Crippen molar-refractivity contribution in [2.24, 2.45) is 5.10 Å². The van der Waals surface area contributed by atoms with E-state index in [1.807, 2.05) is 6.07 Å². The van der Waals surface area contributed by atoms with Gasteiger partial charge in [0.1, 0.15) is 0 Å². The normalized spacial score (nSPS) is 18.4. The molecule has 7 heteroatoms. The maximum absolute atomic E-state index is 12.8. The molecule has 1 heterocycles. The quantitative estimate of drug-likeness (QED) is 0.554. The SMILES string of the molecule is CC1CC(C)(C)N(C)c2ccc(/C=N\NC(=O)Cc3cccc(C(F)(F)F)c3)cc21. The van der Waals surface area contributed by atoms with Crippen LogP contribution in [-0.4, -0.2) is 24.7 Å². The molecule has 1 unspecified atom stereocenters. The van der Waals surface area contributed by atoms with Gasteiger partial charge in [-0.1, -0.05) is 31.2 Å². The largest absolute Gasteiger partial charge is 0.416 e. The topological polar surface area (TPSA) is 44.7 Å². The Labute approximate surface area is 174 Å². The van der Waals surface area contributed by atoms with Crippen LogP contribution in [0.2, 0.25) is 0 Å². The van der Waals surface area contributed by atoms with Gasteiger partial charge in [-0.3, -0.25) is 4.79 Å². The Bertz CT molecular complexity index is 966. The lowest BCUT2D eigenvalue weighted by molar-refractivity contribution is -0.137. The van der Waals surface area contributed by atoms with Crippen LogP contribution in [0.1, 0.15) is 55.4 Å². The summed E-state index contributed by atoms with van der Waals surface area (Å²) >= 11 is 0. The van der Waals surface area contributed by atoms with Crippen LogP contribution in [0.3, 0.4) is 0 Å². The van der Waals surface area contributed by atoms with Gasteiger partial charge in [-0.05, 0) is 61.1 Å². The Hall–Kier alpha value is -2.83. The molecule has 1 aliphatic rings. The van der Waals surface area contributed by atoms with E-state index in [0.29, 0.717) is 5.92 Å². The molecule has 160 valence electrons. The van der Waals surface area contributed by atoms with E-state index in [9.17, 15) is 18.0 Å². The Morgan fingerprint density at radius 2 is 2.00 bits per heavy atom. The molecule has 0 spiro atoms. The summed E-state index contributed by atoms with van der Waals surface area (Å²) in [6.07, 6.45) is -2.03. The fraction of sp³-hybridized carbons (Fsp3) is 0.391. The van der Waals surface area contributed by atoms with Crippen LogP contribution in [0.4, 0.5) is 18.9 Å². The molecule has 30 heavy (non-hydrogen) atoms.